The Balaban J connectivity index is 2.86. The SMILES string of the molecule is CCCNC/C(=C/c1ccc(C)cc1Br)C(C)C. The predicted octanol–water partition coefficient (Wildman–Crippen LogP) is 4.80. The van der Waals surface area contributed by atoms with E-state index < -0.39 is 0 Å². The second-order valence-corrected chi connectivity index (χ2v) is 5.93. The molecule has 1 N–H and O–H groups in total. The number of rotatable bonds is 6. The van der Waals surface area contributed by atoms with Crippen molar-refractivity contribution in [3.8, 4) is 0 Å². The van der Waals surface area contributed by atoms with Crippen molar-refractivity contribution < 1.29 is 0 Å². The van der Waals surface area contributed by atoms with Gasteiger partial charge in [-0.3, -0.25) is 0 Å². The van der Waals surface area contributed by atoms with E-state index in [1.807, 2.05) is 0 Å². The molecule has 2 heteroatoms. The first-order chi connectivity index (χ1) is 8.54. The van der Waals surface area contributed by atoms with E-state index in [1.165, 1.54) is 27.6 Å². The van der Waals surface area contributed by atoms with Gasteiger partial charge in [0.05, 0.1) is 0 Å². The lowest BCUT2D eigenvalue weighted by atomic mass is 10.00. The van der Waals surface area contributed by atoms with E-state index in [4.69, 9.17) is 0 Å². The van der Waals surface area contributed by atoms with Crippen LogP contribution in [0.1, 0.15) is 38.3 Å². The Morgan fingerprint density at radius 2 is 2.11 bits per heavy atom. The first-order valence-electron chi connectivity index (χ1n) is 6.72. The maximum absolute atomic E-state index is 3.64. The number of aryl methyl sites for hydroxylation is 1. The summed E-state index contributed by atoms with van der Waals surface area (Å²) in [5.41, 5.74) is 4.00. The molecule has 0 fully saturated rings. The summed E-state index contributed by atoms with van der Waals surface area (Å²) in [4.78, 5) is 0. The van der Waals surface area contributed by atoms with E-state index in [1.54, 1.807) is 0 Å². The Morgan fingerprint density at radius 3 is 2.67 bits per heavy atom. The Hall–Kier alpha value is -0.600. The van der Waals surface area contributed by atoms with Gasteiger partial charge in [0.2, 0.25) is 0 Å². The van der Waals surface area contributed by atoms with E-state index >= 15 is 0 Å². The summed E-state index contributed by atoms with van der Waals surface area (Å²) in [5, 5.41) is 3.48. The molecule has 18 heavy (non-hydrogen) atoms. The molecular formula is C16H24BrN. The molecule has 1 aromatic rings. The van der Waals surface area contributed by atoms with E-state index in [-0.39, 0.29) is 0 Å². The van der Waals surface area contributed by atoms with Gasteiger partial charge in [0.25, 0.3) is 0 Å². The third-order valence-corrected chi connectivity index (χ3v) is 3.68. The van der Waals surface area contributed by atoms with E-state index in [0.29, 0.717) is 5.92 Å². The van der Waals surface area contributed by atoms with Crippen LogP contribution in [0.2, 0.25) is 0 Å². The smallest absolute Gasteiger partial charge is 0.0250 e. The van der Waals surface area contributed by atoms with Crippen LogP contribution >= 0.6 is 15.9 Å². The normalized spacial score (nSPS) is 12.2. The Kier molecular flexibility index (Phi) is 6.66. The zero-order valence-corrected chi connectivity index (χ0v) is 13.5. The summed E-state index contributed by atoms with van der Waals surface area (Å²) in [6.07, 6.45) is 3.48. The quantitative estimate of drug-likeness (QED) is 0.744. The summed E-state index contributed by atoms with van der Waals surface area (Å²) >= 11 is 3.64. The Labute approximate surface area is 120 Å². The predicted molar refractivity (Wildman–Crippen MR) is 84.9 cm³/mol. The maximum Gasteiger partial charge on any atom is 0.0250 e. The van der Waals surface area contributed by atoms with Gasteiger partial charge in [0, 0.05) is 11.0 Å². The number of halogens is 1. The van der Waals surface area contributed by atoms with Crippen LogP contribution in [-0.4, -0.2) is 13.1 Å². The summed E-state index contributed by atoms with van der Waals surface area (Å²) in [5.74, 6) is 0.572. The van der Waals surface area contributed by atoms with Gasteiger partial charge in [-0.05, 0) is 43.0 Å². The molecule has 0 radical (unpaired) electrons. The lowest BCUT2D eigenvalue weighted by Crippen LogP contribution is -2.19. The molecule has 0 aromatic heterocycles. The van der Waals surface area contributed by atoms with Gasteiger partial charge in [-0.25, -0.2) is 0 Å². The van der Waals surface area contributed by atoms with E-state index in [9.17, 15) is 0 Å². The van der Waals surface area contributed by atoms with Crippen molar-refractivity contribution in [2.24, 2.45) is 5.92 Å². The number of nitrogens with one attached hydrogen (secondary N) is 1. The summed E-state index contributed by atoms with van der Waals surface area (Å²) in [6.45, 7) is 10.9. The molecule has 1 aromatic carbocycles. The van der Waals surface area contributed by atoms with Crippen LogP contribution in [0.5, 0.6) is 0 Å². The van der Waals surface area contributed by atoms with E-state index in [0.717, 1.165) is 13.1 Å². The molecule has 0 aliphatic heterocycles. The maximum atomic E-state index is 3.64. The molecule has 0 unspecified atom stereocenters. The molecular weight excluding hydrogens is 286 g/mol. The van der Waals surface area contributed by atoms with Crippen LogP contribution in [0.25, 0.3) is 6.08 Å². The monoisotopic (exact) mass is 309 g/mol. The average molecular weight is 310 g/mol. The molecule has 0 atom stereocenters. The second kappa shape index (κ2) is 7.75. The zero-order valence-electron chi connectivity index (χ0n) is 11.9. The lowest BCUT2D eigenvalue weighted by Gasteiger charge is -2.13. The minimum Gasteiger partial charge on any atom is -0.313 e. The molecule has 100 valence electrons. The fraction of sp³-hybridized carbons (Fsp3) is 0.500. The molecule has 0 aliphatic carbocycles. The van der Waals surface area contributed by atoms with Crippen molar-refractivity contribution in [2.45, 2.75) is 34.1 Å². The van der Waals surface area contributed by atoms with Crippen LogP contribution in [-0.2, 0) is 0 Å². The minimum atomic E-state index is 0.572. The Bertz CT molecular complexity index is 408. The Morgan fingerprint density at radius 1 is 1.39 bits per heavy atom. The number of hydrogen-bond donors (Lipinski definition) is 1. The topological polar surface area (TPSA) is 12.0 Å². The molecule has 0 saturated carbocycles. The molecule has 1 nitrogen and oxygen atoms in total. The molecule has 0 bridgehead atoms. The molecule has 1 rings (SSSR count). The van der Waals surface area contributed by atoms with Crippen molar-refractivity contribution in [3.63, 3.8) is 0 Å². The van der Waals surface area contributed by atoms with Crippen molar-refractivity contribution in [3.05, 3.63) is 39.4 Å². The lowest BCUT2D eigenvalue weighted by molar-refractivity contribution is 0.657. The van der Waals surface area contributed by atoms with Crippen LogP contribution in [0, 0.1) is 12.8 Å². The number of hydrogen-bond acceptors (Lipinski definition) is 1. The largest absolute Gasteiger partial charge is 0.313 e. The second-order valence-electron chi connectivity index (χ2n) is 5.08. The van der Waals surface area contributed by atoms with Gasteiger partial charge in [-0.15, -0.1) is 0 Å². The summed E-state index contributed by atoms with van der Waals surface area (Å²) in [6, 6.07) is 6.51. The van der Waals surface area contributed by atoms with Crippen molar-refractivity contribution in [1.82, 2.24) is 5.32 Å². The molecule has 0 saturated heterocycles. The van der Waals surface area contributed by atoms with Crippen molar-refractivity contribution in [2.75, 3.05) is 13.1 Å². The molecule has 0 heterocycles. The average Bonchev–Trinajstić information content (AvgIpc) is 2.30. The van der Waals surface area contributed by atoms with Gasteiger partial charge in [-0.1, -0.05) is 60.5 Å². The standard InChI is InChI=1S/C16H24BrN/c1-5-8-18-11-15(12(2)3)10-14-7-6-13(4)9-16(14)17/h6-7,9-10,12,18H,5,8,11H2,1-4H3/b15-10-. The van der Waals surface area contributed by atoms with Gasteiger partial charge in [0.15, 0.2) is 0 Å². The first-order valence-corrected chi connectivity index (χ1v) is 7.51. The zero-order chi connectivity index (χ0) is 13.5. The highest BCUT2D eigenvalue weighted by atomic mass is 79.9. The highest BCUT2D eigenvalue weighted by Crippen LogP contribution is 2.23. The van der Waals surface area contributed by atoms with E-state index in [2.05, 4.69) is 73.2 Å². The van der Waals surface area contributed by atoms with Crippen molar-refractivity contribution >= 4 is 22.0 Å². The van der Waals surface area contributed by atoms with Gasteiger partial charge in [0.1, 0.15) is 0 Å². The van der Waals surface area contributed by atoms with Crippen LogP contribution in [0.15, 0.2) is 28.2 Å². The van der Waals surface area contributed by atoms with Gasteiger partial charge < -0.3 is 5.32 Å². The van der Waals surface area contributed by atoms with Crippen LogP contribution in [0.3, 0.4) is 0 Å². The third-order valence-electron chi connectivity index (χ3n) is 2.99. The summed E-state index contributed by atoms with van der Waals surface area (Å²) < 4.78 is 1.18. The first kappa shape index (κ1) is 15.5. The summed E-state index contributed by atoms with van der Waals surface area (Å²) in [7, 11) is 0. The molecule has 0 aliphatic rings. The highest BCUT2D eigenvalue weighted by molar-refractivity contribution is 9.10. The fourth-order valence-corrected chi connectivity index (χ4v) is 2.39. The van der Waals surface area contributed by atoms with Crippen molar-refractivity contribution in [1.29, 1.82) is 0 Å². The third kappa shape index (κ3) is 4.95. The van der Waals surface area contributed by atoms with Gasteiger partial charge in [-0.2, -0.15) is 0 Å². The minimum absolute atomic E-state index is 0.572. The molecule has 0 amide bonds. The highest BCUT2D eigenvalue weighted by Gasteiger charge is 2.05. The van der Waals surface area contributed by atoms with Crippen LogP contribution in [0.4, 0.5) is 0 Å². The fourth-order valence-electron chi connectivity index (χ4n) is 1.78. The van der Waals surface area contributed by atoms with Crippen LogP contribution < -0.4 is 5.32 Å². The number of benzene rings is 1. The van der Waals surface area contributed by atoms with Gasteiger partial charge >= 0.3 is 0 Å². The molecule has 0 spiro atoms.